The average molecular weight is 450 g/mol. The number of ether oxygens (including phenoxy) is 3. The van der Waals surface area contributed by atoms with Crippen LogP contribution < -0.4 is 24.4 Å². The van der Waals surface area contributed by atoms with Crippen LogP contribution in [0.25, 0.3) is 0 Å². The molecule has 0 aromatic heterocycles. The van der Waals surface area contributed by atoms with Gasteiger partial charge >= 0.3 is 0 Å². The standard InChI is InChI=1S/C25H23FN2O5/c1-31-18-8-10-19(11-9-18)32-14-4-13-28-22-15-17(7-12-23(22)33-16-24(28)29)27-25(30)20-5-2-3-6-21(20)26/h2-3,5-12,15H,4,13-14,16H2,1H3,(H,27,30). The van der Waals surface area contributed by atoms with Gasteiger partial charge in [-0.05, 0) is 61.0 Å². The summed E-state index contributed by atoms with van der Waals surface area (Å²) in [4.78, 5) is 26.6. The lowest BCUT2D eigenvalue weighted by molar-refractivity contribution is -0.121. The number of nitrogens with one attached hydrogen (secondary N) is 1. The van der Waals surface area contributed by atoms with E-state index in [9.17, 15) is 14.0 Å². The largest absolute Gasteiger partial charge is 0.497 e. The highest BCUT2D eigenvalue weighted by Gasteiger charge is 2.26. The zero-order chi connectivity index (χ0) is 23.2. The minimum absolute atomic E-state index is 0.0601. The third-order valence-electron chi connectivity index (χ3n) is 5.13. The highest BCUT2D eigenvalue weighted by atomic mass is 19.1. The van der Waals surface area contributed by atoms with Crippen LogP contribution in [0.1, 0.15) is 16.8 Å². The van der Waals surface area contributed by atoms with E-state index in [2.05, 4.69) is 5.32 Å². The number of hydrogen-bond donors (Lipinski definition) is 1. The molecule has 0 atom stereocenters. The summed E-state index contributed by atoms with van der Waals surface area (Å²) < 4.78 is 30.3. The summed E-state index contributed by atoms with van der Waals surface area (Å²) >= 11 is 0. The van der Waals surface area contributed by atoms with Gasteiger partial charge in [0.25, 0.3) is 11.8 Å². The molecule has 1 aliphatic heterocycles. The Kier molecular flexibility index (Phi) is 6.73. The van der Waals surface area contributed by atoms with Gasteiger partial charge < -0.3 is 24.4 Å². The molecule has 0 saturated carbocycles. The van der Waals surface area contributed by atoms with Crippen LogP contribution in [0.2, 0.25) is 0 Å². The topological polar surface area (TPSA) is 77.1 Å². The Balaban J connectivity index is 1.41. The molecule has 0 fully saturated rings. The number of hydrogen-bond acceptors (Lipinski definition) is 5. The summed E-state index contributed by atoms with van der Waals surface area (Å²) in [5.74, 6) is 0.623. The quantitative estimate of drug-likeness (QED) is 0.519. The molecule has 170 valence electrons. The van der Waals surface area contributed by atoms with Gasteiger partial charge in [0.15, 0.2) is 6.61 Å². The summed E-state index contributed by atoms with van der Waals surface area (Å²) in [7, 11) is 1.60. The Morgan fingerprint density at radius 2 is 1.85 bits per heavy atom. The van der Waals surface area contributed by atoms with Gasteiger partial charge in [-0.2, -0.15) is 0 Å². The molecule has 1 heterocycles. The molecule has 1 aliphatic rings. The summed E-state index contributed by atoms with van der Waals surface area (Å²) in [6, 6.07) is 18.0. The van der Waals surface area contributed by atoms with Gasteiger partial charge in [0.1, 0.15) is 23.1 Å². The molecular weight excluding hydrogens is 427 g/mol. The molecule has 4 rings (SSSR count). The van der Waals surface area contributed by atoms with Crippen LogP contribution >= 0.6 is 0 Å². The first-order chi connectivity index (χ1) is 16.0. The maximum atomic E-state index is 13.9. The van der Waals surface area contributed by atoms with E-state index in [0.29, 0.717) is 42.4 Å². The number of carbonyl (C=O) groups excluding carboxylic acids is 2. The van der Waals surface area contributed by atoms with Crippen molar-refractivity contribution >= 4 is 23.2 Å². The molecule has 2 amide bonds. The average Bonchev–Trinajstić information content (AvgIpc) is 2.83. The number of halogens is 1. The van der Waals surface area contributed by atoms with Crippen molar-refractivity contribution < 1.29 is 28.2 Å². The van der Waals surface area contributed by atoms with Gasteiger partial charge in [-0.25, -0.2) is 4.39 Å². The second-order valence-corrected chi connectivity index (χ2v) is 7.33. The van der Waals surface area contributed by atoms with Crippen molar-refractivity contribution in [1.29, 1.82) is 0 Å². The van der Waals surface area contributed by atoms with Crippen molar-refractivity contribution in [3.63, 3.8) is 0 Å². The van der Waals surface area contributed by atoms with Crippen LogP contribution in [-0.4, -0.2) is 38.7 Å². The third-order valence-corrected chi connectivity index (χ3v) is 5.13. The smallest absolute Gasteiger partial charge is 0.265 e. The van der Waals surface area contributed by atoms with E-state index >= 15 is 0 Å². The maximum absolute atomic E-state index is 13.9. The fourth-order valence-electron chi connectivity index (χ4n) is 3.45. The number of benzene rings is 3. The highest BCUT2D eigenvalue weighted by molar-refractivity contribution is 6.05. The van der Waals surface area contributed by atoms with Crippen molar-refractivity contribution in [2.24, 2.45) is 0 Å². The fraction of sp³-hybridized carbons (Fsp3) is 0.200. The van der Waals surface area contributed by atoms with Crippen LogP contribution in [0.4, 0.5) is 15.8 Å². The zero-order valence-electron chi connectivity index (χ0n) is 18.0. The number of amides is 2. The van der Waals surface area contributed by atoms with Crippen LogP contribution in [0, 0.1) is 5.82 Å². The van der Waals surface area contributed by atoms with E-state index < -0.39 is 11.7 Å². The summed E-state index contributed by atoms with van der Waals surface area (Å²) in [5, 5.41) is 2.68. The molecular formula is C25H23FN2O5. The summed E-state index contributed by atoms with van der Waals surface area (Å²) in [6.07, 6.45) is 0.586. The predicted octanol–water partition coefficient (Wildman–Crippen LogP) is 4.28. The zero-order valence-corrected chi connectivity index (χ0v) is 18.0. The van der Waals surface area contributed by atoms with Gasteiger partial charge in [-0.3, -0.25) is 9.59 Å². The first-order valence-electron chi connectivity index (χ1n) is 10.4. The molecule has 0 radical (unpaired) electrons. The third kappa shape index (κ3) is 5.23. The highest BCUT2D eigenvalue weighted by Crippen LogP contribution is 2.35. The monoisotopic (exact) mass is 450 g/mol. The Labute approximate surface area is 190 Å². The van der Waals surface area contributed by atoms with Crippen molar-refractivity contribution in [2.45, 2.75) is 6.42 Å². The summed E-state index contributed by atoms with van der Waals surface area (Å²) in [6.45, 7) is 0.763. The molecule has 1 N–H and O–H groups in total. The Morgan fingerprint density at radius 3 is 2.61 bits per heavy atom. The van der Waals surface area contributed by atoms with Crippen LogP contribution in [-0.2, 0) is 4.79 Å². The van der Waals surface area contributed by atoms with Gasteiger partial charge in [-0.1, -0.05) is 12.1 Å². The predicted molar refractivity (Wildman–Crippen MR) is 122 cm³/mol. The second-order valence-electron chi connectivity index (χ2n) is 7.33. The molecule has 0 unspecified atom stereocenters. The minimum atomic E-state index is -0.607. The lowest BCUT2D eigenvalue weighted by Crippen LogP contribution is -2.39. The normalized spacial score (nSPS) is 12.5. The lowest BCUT2D eigenvalue weighted by Gasteiger charge is -2.30. The van der Waals surface area contributed by atoms with Gasteiger partial charge in [0, 0.05) is 12.2 Å². The maximum Gasteiger partial charge on any atom is 0.265 e. The van der Waals surface area contributed by atoms with Gasteiger partial charge in [0.2, 0.25) is 0 Å². The second kappa shape index (κ2) is 10.0. The van der Waals surface area contributed by atoms with E-state index in [4.69, 9.17) is 14.2 Å². The number of nitrogens with zero attached hydrogens (tertiary/aromatic N) is 1. The molecule has 0 saturated heterocycles. The van der Waals surface area contributed by atoms with E-state index in [1.807, 2.05) is 24.3 Å². The Bertz CT molecular complexity index is 1150. The van der Waals surface area contributed by atoms with Gasteiger partial charge in [0.05, 0.1) is 25.0 Å². The molecule has 7 nitrogen and oxygen atoms in total. The Morgan fingerprint density at radius 1 is 1.09 bits per heavy atom. The number of methoxy groups -OCH3 is 1. The molecule has 0 spiro atoms. The number of fused-ring (bicyclic) bond motifs is 1. The number of rotatable bonds is 8. The van der Waals surface area contributed by atoms with Crippen molar-refractivity contribution in [3.05, 3.63) is 78.1 Å². The molecule has 33 heavy (non-hydrogen) atoms. The Hall–Kier alpha value is -4.07. The van der Waals surface area contributed by atoms with Crippen molar-refractivity contribution in [1.82, 2.24) is 0 Å². The van der Waals surface area contributed by atoms with E-state index in [1.165, 1.54) is 18.2 Å². The molecule has 3 aromatic rings. The van der Waals surface area contributed by atoms with E-state index in [-0.39, 0.29) is 18.1 Å². The molecule has 8 heteroatoms. The van der Waals surface area contributed by atoms with Crippen LogP contribution in [0.3, 0.4) is 0 Å². The van der Waals surface area contributed by atoms with Crippen LogP contribution in [0.5, 0.6) is 17.2 Å². The van der Waals surface area contributed by atoms with Crippen molar-refractivity contribution in [3.8, 4) is 17.2 Å². The molecule has 3 aromatic carbocycles. The van der Waals surface area contributed by atoms with Crippen LogP contribution in [0.15, 0.2) is 66.7 Å². The number of anilines is 2. The lowest BCUT2D eigenvalue weighted by atomic mass is 10.1. The first kappa shape index (κ1) is 22.1. The van der Waals surface area contributed by atoms with Crippen molar-refractivity contribution in [2.75, 3.05) is 37.1 Å². The SMILES string of the molecule is COc1ccc(OCCCN2C(=O)COc3ccc(NC(=O)c4ccccc4F)cc32)cc1. The van der Waals surface area contributed by atoms with Gasteiger partial charge in [-0.15, -0.1) is 0 Å². The summed E-state index contributed by atoms with van der Waals surface area (Å²) in [5.41, 5.74) is 0.914. The van der Waals surface area contributed by atoms with E-state index in [0.717, 1.165) is 5.75 Å². The van der Waals surface area contributed by atoms with E-state index in [1.54, 1.807) is 36.3 Å². The molecule has 0 aliphatic carbocycles. The minimum Gasteiger partial charge on any atom is -0.497 e. The molecule has 0 bridgehead atoms. The first-order valence-corrected chi connectivity index (χ1v) is 10.4. The number of carbonyl (C=O) groups is 2. The fourth-order valence-corrected chi connectivity index (χ4v) is 3.45.